The number of likely N-dealkylation sites (N-methyl/N-ethyl adjacent to an activating group) is 1. The zero-order valence-electron chi connectivity index (χ0n) is 41.0. The Balaban J connectivity index is 0.00000256. The van der Waals surface area contributed by atoms with E-state index >= 15 is 0 Å². The topological polar surface area (TPSA) is 246 Å². The van der Waals surface area contributed by atoms with Gasteiger partial charge >= 0.3 is 5.97 Å². The van der Waals surface area contributed by atoms with E-state index in [-0.39, 0.29) is 66.3 Å². The molecule has 1 aliphatic heterocycles. The van der Waals surface area contributed by atoms with Crippen LogP contribution < -0.4 is 16.2 Å². The monoisotopic (exact) mass is 962 g/mol. The summed E-state index contributed by atoms with van der Waals surface area (Å²) >= 11 is 0. The SMILES string of the molecule is CC(=O)[O-].C[C@@H]1CC(=O)[C@@H](N(C)C(=O)[C@H](CCCC[NH3+])CC(=O)CCCC(=O)c2ccc(CCCCCCCCc3ccccc3)cc2)c2ccc(O)c(c2)-c2cc(ccc2O)C[C@@H](C(=O)O)NC1=O. The maximum Gasteiger partial charge on any atom is 0.326 e. The molecule has 0 aromatic heterocycles. The number of phenols is 2. The lowest BCUT2D eigenvalue weighted by molar-refractivity contribution is -0.368. The summed E-state index contributed by atoms with van der Waals surface area (Å²) in [7, 11) is 1.47. The number of carbonyl (C=O) groups excluding carboxylic acids is 6. The summed E-state index contributed by atoms with van der Waals surface area (Å²) in [6, 6.07) is 24.5. The van der Waals surface area contributed by atoms with Crippen LogP contribution in [0.5, 0.6) is 11.5 Å². The molecule has 7 N–H and O–H groups in total. The summed E-state index contributed by atoms with van der Waals surface area (Å²) in [6.45, 7) is 3.12. The normalized spacial score (nSPS) is 16.1. The molecule has 4 atom stereocenters. The summed E-state index contributed by atoms with van der Waals surface area (Å²) in [6.07, 6.45) is 11.1. The molecule has 2 amide bonds. The molecule has 70 heavy (non-hydrogen) atoms. The molecule has 0 saturated heterocycles. The Kier molecular flexibility index (Phi) is 23.0. The number of hydrogen-bond acceptors (Lipinski definition) is 10. The first-order chi connectivity index (χ1) is 33.5. The molecule has 0 unspecified atom stereocenters. The van der Waals surface area contributed by atoms with Crippen molar-refractivity contribution in [3.05, 3.63) is 119 Å². The number of aliphatic carboxylic acids is 2. The maximum absolute atomic E-state index is 14.5. The molecular weight excluding hydrogens is 891 g/mol. The van der Waals surface area contributed by atoms with Crippen LogP contribution in [-0.4, -0.2) is 81.0 Å². The van der Waals surface area contributed by atoms with Crippen molar-refractivity contribution in [1.29, 1.82) is 0 Å². The highest BCUT2D eigenvalue weighted by Gasteiger charge is 2.36. The fraction of sp³-hybridized carbons (Fsp3) is 0.446. The number of quaternary nitrogens is 1. The molecule has 1 aliphatic rings. The van der Waals surface area contributed by atoms with Gasteiger partial charge in [0.15, 0.2) is 11.6 Å². The zero-order valence-corrected chi connectivity index (χ0v) is 41.0. The third kappa shape index (κ3) is 18.0. The molecule has 4 aromatic rings. The lowest BCUT2D eigenvalue weighted by atomic mass is 9.88. The smallest absolute Gasteiger partial charge is 0.326 e. The van der Waals surface area contributed by atoms with Gasteiger partial charge in [-0.25, -0.2) is 4.79 Å². The zero-order chi connectivity index (χ0) is 51.2. The predicted octanol–water partition coefficient (Wildman–Crippen LogP) is 6.91. The second kappa shape index (κ2) is 28.7. The van der Waals surface area contributed by atoms with Crippen molar-refractivity contribution in [3.63, 3.8) is 0 Å². The van der Waals surface area contributed by atoms with Gasteiger partial charge in [-0.1, -0.05) is 99.3 Å². The predicted molar refractivity (Wildman–Crippen MR) is 264 cm³/mol. The Labute approximate surface area is 411 Å². The van der Waals surface area contributed by atoms with Gasteiger partial charge < -0.3 is 41.2 Å². The Morgan fingerprint density at radius 2 is 1.33 bits per heavy atom. The number of benzene rings is 4. The number of unbranched alkanes of at least 4 members (excludes halogenated alkanes) is 6. The Morgan fingerprint density at radius 3 is 1.94 bits per heavy atom. The van der Waals surface area contributed by atoms with Crippen molar-refractivity contribution < 1.29 is 59.7 Å². The molecule has 4 bridgehead atoms. The van der Waals surface area contributed by atoms with Crippen molar-refractivity contribution in [2.45, 2.75) is 135 Å². The molecule has 0 spiro atoms. The van der Waals surface area contributed by atoms with Crippen molar-refractivity contribution in [3.8, 4) is 22.6 Å². The highest BCUT2D eigenvalue weighted by molar-refractivity contribution is 5.97. The van der Waals surface area contributed by atoms with Crippen LogP contribution in [0.25, 0.3) is 11.1 Å². The number of fused-ring (bicyclic) bond motifs is 5. The summed E-state index contributed by atoms with van der Waals surface area (Å²) in [5, 5.41) is 43.3. The fourth-order valence-electron chi connectivity index (χ4n) is 8.88. The van der Waals surface area contributed by atoms with Crippen LogP contribution in [0.2, 0.25) is 0 Å². The van der Waals surface area contributed by atoms with Gasteiger partial charge in [0.25, 0.3) is 0 Å². The van der Waals surface area contributed by atoms with E-state index in [4.69, 9.17) is 9.90 Å². The number of nitrogens with zero attached hydrogens (tertiary/aromatic N) is 1. The maximum atomic E-state index is 14.5. The number of aromatic hydroxyl groups is 2. The minimum Gasteiger partial charge on any atom is -0.550 e. The Hall–Kier alpha value is -6.67. The molecule has 0 saturated carbocycles. The molecular formula is C56H71N3O11. The fourth-order valence-corrected chi connectivity index (χ4v) is 8.88. The van der Waals surface area contributed by atoms with Gasteiger partial charge in [-0.3, -0.25) is 24.0 Å². The number of ketones is 3. The third-order valence-corrected chi connectivity index (χ3v) is 12.8. The molecule has 0 aliphatic carbocycles. The summed E-state index contributed by atoms with van der Waals surface area (Å²) in [5.41, 5.74) is 8.23. The third-order valence-electron chi connectivity index (χ3n) is 12.8. The lowest BCUT2D eigenvalue weighted by Crippen LogP contribution is -2.50. The molecule has 5 rings (SSSR count). The van der Waals surface area contributed by atoms with Crippen molar-refractivity contribution in [2.24, 2.45) is 11.8 Å². The van der Waals surface area contributed by atoms with Gasteiger partial charge in [-0.2, -0.15) is 0 Å². The number of Topliss-reactive ketones (excluding diaryl/α,β-unsaturated/α-hetero) is 3. The number of amides is 2. The van der Waals surface area contributed by atoms with Crippen LogP contribution in [0.15, 0.2) is 91.0 Å². The van der Waals surface area contributed by atoms with Crippen LogP contribution in [0.4, 0.5) is 0 Å². The molecule has 4 aromatic carbocycles. The van der Waals surface area contributed by atoms with Gasteiger partial charge in [-0.05, 0) is 105 Å². The van der Waals surface area contributed by atoms with Gasteiger partial charge in [0, 0.05) is 73.6 Å². The second-order valence-electron chi connectivity index (χ2n) is 18.5. The largest absolute Gasteiger partial charge is 0.550 e. The Bertz CT molecular complexity index is 2380. The van der Waals surface area contributed by atoms with Crippen LogP contribution in [0.3, 0.4) is 0 Å². The minimum atomic E-state index is -1.34. The van der Waals surface area contributed by atoms with Crippen LogP contribution in [0.1, 0.15) is 142 Å². The molecule has 376 valence electrons. The van der Waals surface area contributed by atoms with Gasteiger partial charge in [0.2, 0.25) is 11.8 Å². The van der Waals surface area contributed by atoms with Gasteiger partial charge in [0.1, 0.15) is 29.4 Å². The minimum absolute atomic E-state index is 0.0466. The van der Waals surface area contributed by atoms with Crippen LogP contribution in [-0.2, 0) is 48.0 Å². The second-order valence-corrected chi connectivity index (χ2v) is 18.5. The van der Waals surface area contributed by atoms with E-state index in [0.717, 1.165) is 32.6 Å². The van der Waals surface area contributed by atoms with E-state index in [1.54, 1.807) is 0 Å². The van der Waals surface area contributed by atoms with E-state index in [9.17, 15) is 44.1 Å². The number of phenolic OH excluding ortho intramolecular Hbond substituents is 2. The lowest BCUT2D eigenvalue weighted by Gasteiger charge is -2.32. The molecule has 1 heterocycles. The summed E-state index contributed by atoms with van der Waals surface area (Å²) in [4.78, 5) is 91.2. The molecule has 14 nitrogen and oxygen atoms in total. The number of carboxylic acid groups (broad SMARTS) is 2. The van der Waals surface area contributed by atoms with Crippen LogP contribution in [0, 0.1) is 11.8 Å². The molecule has 14 heteroatoms. The summed E-state index contributed by atoms with van der Waals surface area (Å²) in [5.74, 6) is -6.39. The van der Waals surface area contributed by atoms with Gasteiger partial charge in [-0.15, -0.1) is 0 Å². The summed E-state index contributed by atoms with van der Waals surface area (Å²) < 4.78 is 0. The molecule has 0 fully saturated rings. The standard InChI is InChI=1S/C54H67N3O9.C2H4O2/c1-36-31-50(62)51(41-27-29-49(61)45(35-41)44-32-39(24-28-48(44)60)33-46(54(65)66)56-52(36)63)57(2)53(64)42(19-12-13-30-55)34-43(58)20-14-21-47(59)40-25-22-38(23-26-40)18-9-6-4-3-5-8-15-37-16-10-7-11-17-37;1-2(3)4/h7,10-11,16-17,22-29,32,35-36,42,46,51,60-61H,3-6,8-9,12-15,18-21,30-31,33-34,55H2,1-2H3,(H,56,63)(H,65,66);1H3,(H,3,4)/t36-,42-,46+,51+;/m1./s1. The number of hydrogen-bond donors (Lipinski definition) is 5. The first kappa shape index (κ1) is 55.9. The van der Waals surface area contributed by atoms with Crippen molar-refractivity contribution in [1.82, 2.24) is 10.2 Å². The highest BCUT2D eigenvalue weighted by atomic mass is 16.4. The number of carbonyl (C=O) groups is 7. The van der Waals surface area contributed by atoms with Crippen molar-refractivity contribution in [2.75, 3.05) is 13.6 Å². The van der Waals surface area contributed by atoms with Crippen LogP contribution >= 0.6 is 0 Å². The van der Waals surface area contributed by atoms with E-state index in [1.165, 1.54) is 98.5 Å². The average molecular weight is 962 g/mol. The van der Waals surface area contributed by atoms with Gasteiger partial charge in [0.05, 0.1) is 6.54 Å². The van der Waals surface area contributed by atoms with E-state index < -0.39 is 53.5 Å². The number of aryl methyl sites for hydroxylation is 2. The first-order valence-corrected chi connectivity index (χ1v) is 24.6. The van der Waals surface area contributed by atoms with Crippen molar-refractivity contribution >= 4 is 41.1 Å². The number of carboxylic acids is 2. The first-order valence-electron chi connectivity index (χ1n) is 24.6. The number of rotatable bonds is 23. The quantitative estimate of drug-likeness (QED) is 0.0378. The van der Waals surface area contributed by atoms with E-state index in [1.807, 2.05) is 24.3 Å². The number of nitrogens with one attached hydrogen (secondary N) is 1. The van der Waals surface area contributed by atoms with E-state index in [0.29, 0.717) is 42.5 Å². The Morgan fingerprint density at radius 1 is 0.743 bits per heavy atom. The molecule has 0 radical (unpaired) electrons. The highest BCUT2D eigenvalue weighted by Crippen LogP contribution is 2.39. The van der Waals surface area contributed by atoms with E-state index in [2.05, 4.69) is 41.4 Å². The average Bonchev–Trinajstić information content (AvgIpc) is 3.32.